The van der Waals surface area contributed by atoms with Gasteiger partial charge in [-0.1, -0.05) is 86.4 Å². The van der Waals surface area contributed by atoms with Gasteiger partial charge in [-0.3, -0.25) is 0 Å². The molecule has 2 atom stereocenters. The molecule has 148 valence electrons. The third-order valence-corrected chi connectivity index (χ3v) is 8.20. The van der Waals surface area contributed by atoms with Gasteiger partial charge in [0.2, 0.25) is 0 Å². The molecule has 0 saturated heterocycles. The number of hydrogen-bond donors (Lipinski definition) is 0. The van der Waals surface area contributed by atoms with Crippen LogP contribution < -0.4 is 0 Å². The molecule has 0 aromatic heterocycles. The van der Waals surface area contributed by atoms with Gasteiger partial charge >= 0.3 is 0 Å². The molecule has 2 fully saturated rings. The van der Waals surface area contributed by atoms with Gasteiger partial charge in [0.1, 0.15) is 0 Å². The first-order valence-electron chi connectivity index (χ1n) is 12.0. The molecule has 0 bridgehead atoms. The molecule has 4 aliphatic carbocycles. The third kappa shape index (κ3) is 3.03. The Morgan fingerprint density at radius 1 is 0.552 bits per heavy atom. The molecule has 0 spiro atoms. The van der Waals surface area contributed by atoms with E-state index in [0.29, 0.717) is 11.8 Å². The molecule has 0 heteroatoms. The van der Waals surface area contributed by atoms with Crippen LogP contribution in [0, 0.1) is 11.8 Å². The van der Waals surface area contributed by atoms with Gasteiger partial charge in [-0.05, 0) is 77.3 Å². The Kier molecular flexibility index (Phi) is 4.48. The van der Waals surface area contributed by atoms with Crippen molar-refractivity contribution in [1.82, 2.24) is 0 Å². The van der Waals surface area contributed by atoms with Crippen LogP contribution in [0.4, 0.5) is 0 Å². The van der Waals surface area contributed by atoms with E-state index in [9.17, 15) is 0 Å². The van der Waals surface area contributed by atoms with Crippen LogP contribution in [0.2, 0.25) is 0 Å². The molecule has 2 aromatic rings. The minimum absolute atomic E-state index is 0.582. The van der Waals surface area contributed by atoms with Gasteiger partial charge in [0.05, 0.1) is 0 Å². The topological polar surface area (TPSA) is 0 Å². The lowest BCUT2D eigenvalue weighted by atomic mass is 9.87. The highest BCUT2D eigenvalue weighted by Crippen LogP contribution is 2.51. The van der Waals surface area contributed by atoms with Crippen LogP contribution in [-0.2, 0) is 0 Å². The molecule has 2 saturated carbocycles. The highest BCUT2D eigenvalue weighted by Gasteiger charge is 2.34. The van der Waals surface area contributed by atoms with Crippen molar-refractivity contribution >= 4 is 11.1 Å². The lowest BCUT2D eigenvalue weighted by molar-refractivity contribution is 0.677. The average Bonchev–Trinajstić information content (AvgIpc) is 3.55. The second-order valence-corrected chi connectivity index (χ2v) is 9.83. The van der Waals surface area contributed by atoms with Gasteiger partial charge in [-0.25, -0.2) is 0 Å². The molecule has 2 aromatic carbocycles. The Balaban J connectivity index is 1.34. The summed E-state index contributed by atoms with van der Waals surface area (Å²) in [7, 11) is 0. The first kappa shape index (κ1) is 17.8. The van der Waals surface area contributed by atoms with Gasteiger partial charge in [0, 0.05) is 11.8 Å². The summed E-state index contributed by atoms with van der Waals surface area (Å²) in [5.41, 5.74) is 9.67. The zero-order chi connectivity index (χ0) is 19.2. The molecule has 0 amide bonds. The van der Waals surface area contributed by atoms with E-state index < -0.39 is 0 Å². The fraction of sp³-hybridized carbons (Fsp3) is 0.448. The number of hydrogen-bond acceptors (Lipinski definition) is 0. The fourth-order valence-electron chi connectivity index (χ4n) is 6.81. The number of rotatable bonds is 4. The summed E-state index contributed by atoms with van der Waals surface area (Å²) in [5, 5.41) is 0. The number of fused-ring (bicyclic) bond motifs is 2. The lowest BCUT2D eigenvalue weighted by Gasteiger charge is -2.16. The highest BCUT2D eigenvalue weighted by atomic mass is 14.4. The molecule has 6 rings (SSSR count). The Hall–Kier alpha value is -2.08. The maximum atomic E-state index is 2.67. The summed E-state index contributed by atoms with van der Waals surface area (Å²) in [6, 6.07) is 18.6. The average molecular weight is 381 g/mol. The minimum Gasteiger partial charge on any atom is -0.0728 e. The number of benzene rings is 2. The van der Waals surface area contributed by atoms with Crippen LogP contribution in [0.25, 0.3) is 11.1 Å². The molecule has 0 N–H and O–H groups in total. The van der Waals surface area contributed by atoms with Gasteiger partial charge in [0.25, 0.3) is 0 Å². The van der Waals surface area contributed by atoms with Crippen LogP contribution in [-0.4, -0.2) is 0 Å². The SMILES string of the molecule is C1=C(C2CCCC2)c2ccccc2C1CC1C=C(C2CCCC2)c2ccccc21. The first-order valence-corrected chi connectivity index (χ1v) is 12.0. The Morgan fingerprint density at radius 2 is 0.966 bits per heavy atom. The monoisotopic (exact) mass is 380 g/mol. The molecule has 29 heavy (non-hydrogen) atoms. The van der Waals surface area contributed by atoms with Crippen molar-refractivity contribution in [3.05, 3.63) is 82.9 Å². The summed E-state index contributed by atoms with van der Waals surface area (Å²) >= 11 is 0. The van der Waals surface area contributed by atoms with E-state index in [4.69, 9.17) is 0 Å². The van der Waals surface area contributed by atoms with E-state index >= 15 is 0 Å². The van der Waals surface area contributed by atoms with Gasteiger partial charge in [-0.15, -0.1) is 0 Å². The van der Waals surface area contributed by atoms with E-state index in [2.05, 4.69) is 60.7 Å². The molecule has 4 aliphatic rings. The maximum Gasteiger partial charge on any atom is 0.00389 e. The van der Waals surface area contributed by atoms with E-state index in [0.717, 1.165) is 11.8 Å². The van der Waals surface area contributed by atoms with E-state index in [-0.39, 0.29) is 0 Å². The van der Waals surface area contributed by atoms with Crippen LogP contribution in [0.1, 0.15) is 91.9 Å². The summed E-state index contributed by atoms with van der Waals surface area (Å²) in [6.07, 6.45) is 17.8. The predicted molar refractivity (Wildman–Crippen MR) is 123 cm³/mol. The van der Waals surface area contributed by atoms with Gasteiger partial charge in [0.15, 0.2) is 0 Å². The fourth-order valence-corrected chi connectivity index (χ4v) is 6.81. The summed E-state index contributed by atoms with van der Waals surface area (Å²) in [4.78, 5) is 0. The lowest BCUT2D eigenvalue weighted by Crippen LogP contribution is -2.01. The second kappa shape index (κ2) is 7.31. The molecule has 2 unspecified atom stereocenters. The highest BCUT2D eigenvalue weighted by molar-refractivity contribution is 5.78. The van der Waals surface area contributed by atoms with Crippen LogP contribution >= 0.6 is 0 Å². The maximum absolute atomic E-state index is 2.67. The largest absolute Gasteiger partial charge is 0.0728 e. The molecular weight excluding hydrogens is 348 g/mol. The predicted octanol–water partition coefficient (Wildman–Crippen LogP) is 8.12. The Morgan fingerprint density at radius 3 is 1.41 bits per heavy atom. The minimum atomic E-state index is 0.582. The van der Waals surface area contributed by atoms with Crippen molar-refractivity contribution in [2.45, 2.75) is 69.6 Å². The molecule has 0 heterocycles. The molecular formula is C29H32. The van der Waals surface area contributed by atoms with E-state index in [1.54, 1.807) is 33.4 Å². The van der Waals surface area contributed by atoms with E-state index in [1.165, 1.54) is 57.8 Å². The van der Waals surface area contributed by atoms with Crippen molar-refractivity contribution in [2.24, 2.45) is 11.8 Å². The van der Waals surface area contributed by atoms with Crippen molar-refractivity contribution < 1.29 is 0 Å². The van der Waals surface area contributed by atoms with Crippen molar-refractivity contribution in [3.63, 3.8) is 0 Å². The van der Waals surface area contributed by atoms with Gasteiger partial charge in [-0.2, -0.15) is 0 Å². The zero-order valence-electron chi connectivity index (χ0n) is 17.4. The normalized spacial score (nSPS) is 26.5. The van der Waals surface area contributed by atoms with Crippen LogP contribution in [0.5, 0.6) is 0 Å². The Bertz CT molecular complexity index is 884. The molecule has 0 radical (unpaired) electrons. The van der Waals surface area contributed by atoms with Crippen molar-refractivity contribution in [3.8, 4) is 0 Å². The third-order valence-electron chi connectivity index (χ3n) is 8.20. The van der Waals surface area contributed by atoms with Crippen molar-refractivity contribution in [1.29, 1.82) is 0 Å². The zero-order valence-corrected chi connectivity index (χ0v) is 17.4. The summed E-state index contributed by atoms with van der Waals surface area (Å²) in [5.74, 6) is 2.78. The smallest absolute Gasteiger partial charge is 0.00389 e. The van der Waals surface area contributed by atoms with Crippen LogP contribution in [0.3, 0.4) is 0 Å². The molecule has 0 aliphatic heterocycles. The van der Waals surface area contributed by atoms with Crippen LogP contribution in [0.15, 0.2) is 60.7 Å². The second-order valence-electron chi connectivity index (χ2n) is 9.83. The summed E-state index contributed by atoms with van der Waals surface area (Å²) in [6.45, 7) is 0. The quantitative estimate of drug-likeness (QED) is 0.502. The number of allylic oxidation sites excluding steroid dienone is 4. The first-order chi connectivity index (χ1) is 14.4. The standard InChI is InChI=1S/C29H32/c1-2-10-20(9-1)28-18-22(24-13-5-7-15-26(24)28)17-23-19-29(21-11-3-4-12-21)27-16-8-6-14-25(23)27/h5-8,13-16,18-23H,1-4,9-12,17H2. The Labute approximate surface area is 175 Å². The van der Waals surface area contributed by atoms with E-state index in [1.807, 2.05) is 0 Å². The molecule has 0 nitrogen and oxygen atoms in total. The van der Waals surface area contributed by atoms with Crippen molar-refractivity contribution in [2.75, 3.05) is 0 Å². The summed E-state index contributed by atoms with van der Waals surface area (Å²) < 4.78 is 0. The van der Waals surface area contributed by atoms with Gasteiger partial charge < -0.3 is 0 Å².